The first-order chi connectivity index (χ1) is 30.6. The summed E-state index contributed by atoms with van der Waals surface area (Å²) in [7, 11) is 1.42. The molecule has 2 amide bonds. The molecule has 1 aromatic rings. The summed E-state index contributed by atoms with van der Waals surface area (Å²) in [6.45, 7) is 13.9. The first-order valence-electron chi connectivity index (χ1n) is 22.5. The fourth-order valence-electron chi connectivity index (χ4n) is 10.1. The van der Waals surface area contributed by atoms with E-state index in [1.165, 1.54) is 53.2 Å². The van der Waals surface area contributed by atoms with Crippen LogP contribution >= 0.6 is 0 Å². The van der Waals surface area contributed by atoms with Gasteiger partial charge in [0.05, 0.1) is 41.3 Å². The molecule has 9 unspecified atom stereocenters. The second-order valence-corrected chi connectivity index (χ2v) is 18.4. The molecule has 9 atom stereocenters. The van der Waals surface area contributed by atoms with Crippen LogP contribution < -0.4 is 15.8 Å². The molecule has 0 radical (unpaired) electrons. The summed E-state index contributed by atoms with van der Waals surface area (Å²) in [6.07, 6.45) is 6.56. The van der Waals surface area contributed by atoms with Gasteiger partial charge in [-0.2, -0.15) is 0 Å². The first kappa shape index (κ1) is 49.1. The molecule has 5 aliphatic heterocycles. The first-order valence-corrected chi connectivity index (χ1v) is 22.5. The molecule has 5 heterocycles. The van der Waals surface area contributed by atoms with E-state index in [1.807, 2.05) is 0 Å². The summed E-state index contributed by atoms with van der Waals surface area (Å²) in [5, 5.41) is 37.4. The lowest BCUT2D eigenvalue weighted by molar-refractivity contribution is -0.160. The molecule has 2 saturated heterocycles. The molecule has 0 saturated carbocycles. The van der Waals surface area contributed by atoms with Gasteiger partial charge >= 0.3 is 11.8 Å². The summed E-state index contributed by atoms with van der Waals surface area (Å²) in [5.41, 5.74) is 3.32. The second-order valence-electron chi connectivity index (χ2n) is 18.4. The average molecular weight is 905 g/mol. The maximum atomic E-state index is 15.2. The third-order valence-corrected chi connectivity index (χ3v) is 14.3. The number of aromatic hydroxyl groups is 1. The number of aliphatic hydroxyl groups is 2. The van der Waals surface area contributed by atoms with Gasteiger partial charge in [-0.25, -0.2) is 0 Å². The third kappa shape index (κ3) is 8.99. The lowest BCUT2D eigenvalue weighted by Gasteiger charge is -2.49. The standard InChI is InChI=1S/C48H64N4O13/c1-24-14-13-15-25(2)45(60)50-35-36(51-21-17-48(18-22-51,46(49)61)52-19-11-10-12-20-52)41(58)32-33(40(35)57)39(56)29(6)43-34(32)44(59)47(8,65-43)63-23-16-31(62-9)26(3)42(64-30(7)53)28(5)38(55)27(4)37(24)54/h13-16,23-24,26-28,31,37-38,42,54-56H,10-12,17-22H2,1-9H3,(H2,49,61)(H,50,60)/b14-13+,23-16+,25-15-. The van der Waals surface area contributed by atoms with Crippen LogP contribution in [0.4, 0.5) is 0 Å². The van der Waals surface area contributed by atoms with Crippen molar-refractivity contribution in [2.24, 2.45) is 29.4 Å². The molecule has 17 heteroatoms. The van der Waals surface area contributed by atoms with Crippen LogP contribution in [0.5, 0.6) is 11.5 Å². The Balaban J connectivity index is 1.48. The fraction of sp³-hybridized carbons (Fsp3) is 0.583. The van der Waals surface area contributed by atoms with Crippen LogP contribution in [0.3, 0.4) is 0 Å². The maximum absolute atomic E-state index is 15.2. The van der Waals surface area contributed by atoms with Crippen LogP contribution in [0, 0.1) is 30.6 Å². The van der Waals surface area contributed by atoms with Crippen LogP contribution in [0.15, 0.2) is 47.5 Å². The second kappa shape index (κ2) is 19.2. The number of ether oxygens (including phenoxy) is 4. The Labute approximate surface area is 379 Å². The lowest BCUT2D eigenvalue weighted by atomic mass is 9.78. The van der Waals surface area contributed by atoms with E-state index in [1.54, 1.807) is 44.7 Å². The van der Waals surface area contributed by atoms with E-state index in [2.05, 4.69) is 10.2 Å². The summed E-state index contributed by atoms with van der Waals surface area (Å²) in [6, 6.07) is 0. The van der Waals surface area contributed by atoms with E-state index in [0.29, 0.717) is 13.1 Å². The number of carbonyl (C=O) groups is 6. The SMILES string of the molecule is COC1/C=C/OC2(C)Oc3c(C)c(O)c4c(c3C2=O)C(=O)C(N2CCC(C(N)=O)(N3CCCCC3)CC2)=C(NC(=O)/C(C)=C\C=C\C(C)C(O)C(C)C(O)C(C)C(OC(C)=O)C1C)C4=O. The monoisotopic (exact) mass is 904 g/mol. The van der Waals surface area contributed by atoms with Crippen LogP contribution in [0.2, 0.25) is 0 Å². The van der Waals surface area contributed by atoms with Gasteiger partial charge < -0.3 is 50.2 Å². The molecule has 0 spiro atoms. The summed E-state index contributed by atoms with van der Waals surface area (Å²) >= 11 is 0. The maximum Gasteiger partial charge on any atom is 0.312 e. The molecule has 5 bridgehead atoms. The number of methoxy groups -OCH3 is 1. The van der Waals surface area contributed by atoms with E-state index in [4.69, 9.17) is 24.7 Å². The lowest BCUT2D eigenvalue weighted by Crippen LogP contribution is -2.63. The molecule has 6 aliphatic rings. The number of ketones is 3. The van der Waals surface area contributed by atoms with Gasteiger partial charge in [0.15, 0.2) is 0 Å². The van der Waals surface area contributed by atoms with Gasteiger partial charge in [-0.1, -0.05) is 52.3 Å². The Kier molecular flexibility index (Phi) is 14.5. The number of phenolic OH excluding ortho intramolecular Hbond substituents is 1. The van der Waals surface area contributed by atoms with Crippen LogP contribution in [-0.4, -0.2) is 129 Å². The molecule has 1 aromatic carbocycles. The number of carbonyl (C=O) groups excluding carboxylic acids is 6. The van der Waals surface area contributed by atoms with E-state index in [0.717, 1.165) is 19.3 Å². The van der Waals surface area contributed by atoms with Crippen LogP contribution in [0.25, 0.3) is 0 Å². The Bertz CT molecular complexity index is 2230. The van der Waals surface area contributed by atoms with Crippen molar-refractivity contribution >= 4 is 35.1 Å². The van der Waals surface area contributed by atoms with Crippen molar-refractivity contribution in [2.45, 2.75) is 123 Å². The van der Waals surface area contributed by atoms with E-state index < -0.39 is 117 Å². The number of aliphatic hydroxyl groups excluding tert-OH is 2. The molecule has 17 nitrogen and oxygen atoms in total. The number of hydrogen-bond donors (Lipinski definition) is 5. The number of benzene rings is 1. The Hall–Kier alpha value is -5.36. The van der Waals surface area contributed by atoms with Crippen molar-refractivity contribution in [1.29, 1.82) is 0 Å². The number of likely N-dealkylation sites (tertiary alicyclic amines) is 2. The van der Waals surface area contributed by atoms with Gasteiger partial charge in [0, 0.05) is 68.9 Å². The number of primary amides is 1. The van der Waals surface area contributed by atoms with Gasteiger partial charge in [-0.3, -0.25) is 33.7 Å². The number of allylic oxidation sites excluding steroid dienone is 4. The zero-order valence-electron chi connectivity index (χ0n) is 38.8. The van der Waals surface area contributed by atoms with Gasteiger partial charge in [0.25, 0.3) is 11.7 Å². The summed E-state index contributed by atoms with van der Waals surface area (Å²) in [5.74, 6) is -9.98. The van der Waals surface area contributed by atoms with Crippen LogP contribution in [0.1, 0.15) is 117 Å². The summed E-state index contributed by atoms with van der Waals surface area (Å²) < 4.78 is 23.7. The molecule has 0 aromatic heterocycles. The minimum atomic E-state index is -2.13. The number of nitrogens with one attached hydrogen (secondary N) is 1. The van der Waals surface area contributed by atoms with Gasteiger partial charge in [0.2, 0.25) is 17.5 Å². The van der Waals surface area contributed by atoms with Crippen molar-refractivity contribution in [1.82, 2.24) is 15.1 Å². The van der Waals surface area contributed by atoms with Crippen LogP contribution in [-0.2, 0) is 28.6 Å². The number of piperidine rings is 2. The Morgan fingerprint density at radius 3 is 2.12 bits per heavy atom. The number of rotatable bonds is 5. The molecule has 6 N–H and O–H groups in total. The number of esters is 1. The van der Waals surface area contributed by atoms with Crippen molar-refractivity contribution < 1.29 is 63.0 Å². The molecule has 7 rings (SSSR count). The zero-order valence-corrected chi connectivity index (χ0v) is 38.8. The number of Topliss-reactive ketones (excluding diaryl/α,β-unsaturated/α-hetero) is 3. The molecule has 1 aliphatic carbocycles. The quantitative estimate of drug-likeness (QED) is 0.264. The predicted molar refractivity (Wildman–Crippen MR) is 236 cm³/mol. The highest BCUT2D eigenvalue weighted by Crippen LogP contribution is 2.49. The molecular formula is C48H64N4O13. The largest absolute Gasteiger partial charge is 0.507 e. The number of nitrogens with zero attached hydrogens (tertiary/aromatic N) is 2. The number of phenols is 1. The Morgan fingerprint density at radius 2 is 1.52 bits per heavy atom. The third-order valence-electron chi connectivity index (χ3n) is 14.3. The van der Waals surface area contributed by atoms with E-state index in [-0.39, 0.29) is 54.1 Å². The number of amides is 2. The zero-order chi connectivity index (χ0) is 47.9. The highest BCUT2D eigenvalue weighted by molar-refractivity contribution is 6.32. The predicted octanol–water partition coefficient (Wildman–Crippen LogP) is 3.76. The van der Waals surface area contributed by atoms with Gasteiger partial charge in [-0.05, 0) is 58.7 Å². The summed E-state index contributed by atoms with van der Waals surface area (Å²) in [4.78, 5) is 88.0. The number of hydrogen-bond acceptors (Lipinski definition) is 15. The molecule has 354 valence electrons. The van der Waals surface area contributed by atoms with Crippen molar-refractivity contribution in [3.05, 3.63) is 69.8 Å². The van der Waals surface area contributed by atoms with Crippen molar-refractivity contribution in [2.75, 3.05) is 33.3 Å². The number of nitrogens with two attached hydrogens (primary N) is 1. The minimum absolute atomic E-state index is 0.0261. The molecule has 65 heavy (non-hydrogen) atoms. The van der Waals surface area contributed by atoms with Crippen molar-refractivity contribution in [3.63, 3.8) is 0 Å². The minimum Gasteiger partial charge on any atom is -0.507 e. The van der Waals surface area contributed by atoms with Gasteiger partial charge in [-0.15, -0.1) is 0 Å². The smallest absolute Gasteiger partial charge is 0.312 e. The normalized spacial score (nSPS) is 33.3. The molecule has 2 fully saturated rings. The van der Waals surface area contributed by atoms with Crippen molar-refractivity contribution in [3.8, 4) is 11.5 Å². The molecular weight excluding hydrogens is 841 g/mol. The number of fused-ring (bicyclic) bond motifs is 14. The van der Waals surface area contributed by atoms with E-state index >= 15 is 4.79 Å². The highest BCUT2D eigenvalue weighted by atomic mass is 16.7. The van der Waals surface area contributed by atoms with E-state index in [9.17, 15) is 39.3 Å². The highest BCUT2D eigenvalue weighted by Gasteiger charge is 2.54. The Morgan fingerprint density at radius 1 is 0.877 bits per heavy atom. The fourth-order valence-corrected chi connectivity index (χ4v) is 10.1. The average Bonchev–Trinajstić information content (AvgIpc) is 3.54. The van der Waals surface area contributed by atoms with Gasteiger partial charge in [0.1, 0.15) is 34.5 Å². The topological polar surface area (TPSA) is 245 Å².